The molecule has 1 fully saturated rings. The highest BCUT2D eigenvalue weighted by molar-refractivity contribution is 6.00. The van der Waals surface area contributed by atoms with E-state index in [1.54, 1.807) is 17.0 Å². The van der Waals surface area contributed by atoms with Crippen molar-refractivity contribution in [1.82, 2.24) is 5.32 Å². The highest BCUT2D eigenvalue weighted by Gasteiger charge is 2.36. The molecule has 1 atom stereocenters. The number of nitrogens with zero attached hydrogens (tertiary/aromatic N) is 1. The molecule has 5 rings (SSSR count). The largest absolute Gasteiger partial charge is 0.454 e. The fraction of sp³-hybridized carbons (Fsp3) is 0.200. The fourth-order valence-electron chi connectivity index (χ4n) is 4.10. The van der Waals surface area contributed by atoms with Crippen LogP contribution in [0.25, 0.3) is 0 Å². The maximum Gasteiger partial charge on any atom is 0.231 e. The summed E-state index contributed by atoms with van der Waals surface area (Å²) in [5, 5.41) is 3.16. The SMILES string of the molecule is O=C(NC(c1ccccc1)c1ccccc1)[C@@H]1CC(=O)N(c2ccc3c(c2)OCO3)C1. The summed E-state index contributed by atoms with van der Waals surface area (Å²) in [5.41, 5.74) is 2.71. The minimum atomic E-state index is -0.423. The zero-order valence-corrected chi connectivity index (χ0v) is 16.9. The Hall–Kier alpha value is -3.80. The lowest BCUT2D eigenvalue weighted by Crippen LogP contribution is -2.36. The van der Waals surface area contributed by atoms with Crippen molar-refractivity contribution in [2.45, 2.75) is 12.5 Å². The minimum Gasteiger partial charge on any atom is -0.454 e. The summed E-state index contributed by atoms with van der Waals surface area (Å²) >= 11 is 0. The van der Waals surface area contributed by atoms with Crippen LogP contribution in [0, 0.1) is 5.92 Å². The smallest absolute Gasteiger partial charge is 0.231 e. The lowest BCUT2D eigenvalue weighted by atomic mass is 9.97. The van der Waals surface area contributed by atoms with Crippen LogP contribution in [0.15, 0.2) is 78.9 Å². The first-order chi connectivity index (χ1) is 15.2. The Labute approximate surface area is 180 Å². The molecule has 3 aromatic carbocycles. The molecule has 156 valence electrons. The van der Waals surface area contributed by atoms with Crippen LogP contribution in [-0.2, 0) is 9.59 Å². The van der Waals surface area contributed by atoms with E-state index in [2.05, 4.69) is 5.32 Å². The second-order valence-electron chi connectivity index (χ2n) is 7.71. The number of ether oxygens (including phenoxy) is 2. The molecule has 0 bridgehead atoms. The van der Waals surface area contributed by atoms with Crippen molar-refractivity contribution in [3.63, 3.8) is 0 Å². The molecule has 0 radical (unpaired) electrons. The summed E-state index contributed by atoms with van der Waals surface area (Å²) < 4.78 is 10.8. The molecule has 0 aliphatic carbocycles. The van der Waals surface area contributed by atoms with Crippen LogP contribution < -0.4 is 19.7 Å². The van der Waals surface area contributed by atoms with E-state index in [1.165, 1.54) is 0 Å². The van der Waals surface area contributed by atoms with Crippen LogP contribution in [0.5, 0.6) is 11.5 Å². The number of carbonyl (C=O) groups is 2. The molecule has 6 heteroatoms. The zero-order valence-electron chi connectivity index (χ0n) is 16.9. The van der Waals surface area contributed by atoms with E-state index in [4.69, 9.17) is 9.47 Å². The molecule has 0 spiro atoms. The first-order valence-electron chi connectivity index (χ1n) is 10.3. The fourth-order valence-corrected chi connectivity index (χ4v) is 4.10. The number of nitrogens with one attached hydrogen (secondary N) is 1. The van der Waals surface area contributed by atoms with Crippen LogP contribution in [0.3, 0.4) is 0 Å². The lowest BCUT2D eigenvalue weighted by molar-refractivity contribution is -0.126. The Morgan fingerprint density at radius 1 is 0.903 bits per heavy atom. The third kappa shape index (κ3) is 3.84. The van der Waals surface area contributed by atoms with Crippen LogP contribution in [0.4, 0.5) is 5.69 Å². The summed E-state index contributed by atoms with van der Waals surface area (Å²) in [7, 11) is 0. The van der Waals surface area contributed by atoms with E-state index in [0.717, 1.165) is 11.1 Å². The van der Waals surface area contributed by atoms with Gasteiger partial charge in [-0.3, -0.25) is 9.59 Å². The summed E-state index contributed by atoms with van der Waals surface area (Å²) in [6.45, 7) is 0.513. The summed E-state index contributed by atoms with van der Waals surface area (Å²) in [6.07, 6.45) is 0.177. The monoisotopic (exact) mass is 414 g/mol. The predicted octanol–water partition coefficient (Wildman–Crippen LogP) is 3.67. The molecule has 0 aromatic heterocycles. The van der Waals surface area contributed by atoms with Gasteiger partial charge in [0.05, 0.1) is 12.0 Å². The number of hydrogen-bond acceptors (Lipinski definition) is 4. The van der Waals surface area contributed by atoms with Crippen molar-refractivity contribution < 1.29 is 19.1 Å². The minimum absolute atomic E-state index is 0.0741. The van der Waals surface area contributed by atoms with Gasteiger partial charge in [0, 0.05) is 24.7 Å². The average Bonchev–Trinajstić information content (AvgIpc) is 3.44. The molecule has 1 N–H and O–H groups in total. The maximum atomic E-state index is 13.2. The summed E-state index contributed by atoms with van der Waals surface area (Å²) in [6, 6.07) is 24.8. The number of carbonyl (C=O) groups excluding carboxylic acids is 2. The van der Waals surface area contributed by atoms with Crippen molar-refractivity contribution >= 4 is 17.5 Å². The first-order valence-corrected chi connectivity index (χ1v) is 10.3. The van der Waals surface area contributed by atoms with Gasteiger partial charge in [-0.25, -0.2) is 0 Å². The number of benzene rings is 3. The Bertz CT molecular complexity index is 1060. The summed E-state index contributed by atoms with van der Waals surface area (Å²) in [5.74, 6) is 0.654. The van der Waals surface area contributed by atoms with Crippen molar-refractivity contribution in [3.05, 3.63) is 90.0 Å². The normalized spacial score (nSPS) is 17.3. The van der Waals surface area contributed by atoms with Crippen LogP contribution in [0.2, 0.25) is 0 Å². The number of anilines is 1. The maximum absolute atomic E-state index is 13.2. The Morgan fingerprint density at radius 2 is 1.55 bits per heavy atom. The number of amides is 2. The molecular formula is C25H22N2O4. The van der Waals surface area contributed by atoms with Crippen molar-refractivity contribution in [1.29, 1.82) is 0 Å². The molecule has 2 aliphatic heterocycles. The van der Waals surface area contributed by atoms with Gasteiger partial charge in [0.25, 0.3) is 0 Å². The van der Waals surface area contributed by atoms with Crippen LogP contribution >= 0.6 is 0 Å². The average molecular weight is 414 g/mol. The van der Waals surface area contributed by atoms with Crippen LogP contribution in [0.1, 0.15) is 23.6 Å². The van der Waals surface area contributed by atoms with Gasteiger partial charge in [-0.05, 0) is 23.3 Å². The molecule has 2 aliphatic rings. The lowest BCUT2D eigenvalue weighted by Gasteiger charge is -2.22. The second kappa shape index (κ2) is 8.14. The van der Waals surface area contributed by atoms with Gasteiger partial charge >= 0.3 is 0 Å². The van der Waals surface area contributed by atoms with Crippen LogP contribution in [-0.4, -0.2) is 25.2 Å². The highest BCUT2D eigenvalue weighted by atomic mass is 16.7. The van der Waals surface area contributed by atoms with E-state index < -0.39 is 5.92 Å². The van der Waals surface area contributed by atoms with E-state index in [-0.39, 0.29) is 31.1 Å². The van der Waals surface area contributed by atoms with E-state index in [9.17, 15) is 9.59 Å². The first kappa shape index (κ1) is 19.2. The van der Waals surface area contributed by atoms with Gasteiger partial charge in [-0.2, -0.15) is 0 Å². The predicted molar refractivity (Wildman–Crippen MR) is 116 cm³/mol. The van der Waals surface area contributed by atoms with E-state index in [1.807, 2.05) is 66.7 Å². The quantitative estimate of drug-likeness (QED) is 0.692. The van der Waals surface area contributed by atoms with Crippen molar-refractivity contribution in [2.75, 3.05) is 18.2 Å². The molecule has 0 unspecified atom stereocenters. The Balaban J connectivity index is 1.34. The molecule has 0 saturated carbocycles. The topological polar surface area (TPSA) is 67.9 Å². The highest BCUT2D eigenvalue weighted by Crippen LogP contribution is 2.37. The Morgan fingerprint density at radius 3 is 2.23 bits per heavy atom. The number of rotatable bonds is 5. The molecule has 31 heavy (non-hydrogen) atoms. The molecular weight excluding hydrogens is 392 g/mol. The van der Waals surface area contributed by atoms with Gasteiger partial charge in [0.15, 0.2) is 11.5 Å². The van der Waals surface area contributed by atoms with Gasteiger partial charge in [-0.1, -0.05) is 60.7 Å². The Kier molecular flexibility index (Phi) is 5.04. The molecule has 1 saturated heterocycles. The third-order valence-electron chi connectivity index (χ3n) is 5.72. The van der Waals surface area contributed by atoms with Gasteiger partial charge in [0.2, 0.25) is 18.6 Å². The third-order valence-corrected chi connectivity index (χ3v) is 5.72. The molecule has 2 heterocycles. The van der Waals surface area contributed by atoms with Gasteiger partial charge < -0.3 is 19.7 Å². The number of fused-ring (bicyclic) bond motifs is 1. The van der Waals surface area contributed by atoms with Crippen molar-refractivity contribution in [3.8, 4) is 11.5 Å². The van der Waals surface area contributed by atoms with E-state index in [0.29, 0.717) is 23.7 Å². The van der Waals surface area contributed by atoms with Crippen molar-refractivity contribution in [2.24, 2.45) is 5.92 Å². The zero-order chi connectivity index (χ0) is 21.2. The molecule has 6 nitrogen and oxygen atoms in total. The second-order valence-corrected chi connectivity index (χ2v) is 7.71. The molecule has 2 amide bonds. The van der Waals surface area contributed by atoms with Gasteiger partial charge in [-0.15, -0.1) is 0 Å². The summed E-state index contributed by atoms with van der Waals surface area (Å²) in [4.78, 5) is 27.5. The number of hydrogen-bond donors (Lipinski definition) is 1. The van der Waals surface area contributed by atoms with Gasteiger partial charge in [0.1, 0.15) is 0 Å². The van der Waals surface area contributed by atoms with E-state index >= 15 is 0 Å². The molecule has 3 aromatic rings. The standard InChI is InChI=1S/C25H22N2O4/c28-23-13-19(15-27(23)20-11-12-21-22(14-20)31-16-30-21)25(29)26-24(17-7-3-1-4-8-17)18-9-5-2-6-10-18/h1-12,14,19,24H,13,15-16H2,(H,26,29)/t19-/m1/s1.